The highest BCUT2D eigenvalue weighted by Gasteiger charge is 2.28. The zero-order valence-corrected chi connectivity index (χ0v) is 14.1. The van der Waals surface area contributed by atoms with Gasteiger partial charge in [0, 0.05) is 31.3 Å². The molecular formula is C19H21N2P. The normalized spacial score (nSPS) is 21.2. The van der Waals surface area contributed by atoms with Gasteiger partial charge in [0.15, 0.2) is 0 Å². The van der Waals surface area contributed by atoms with E-state index in [9.17, 15) is 0 Å². The summed E-state index contributed by atoms with van der Waals surface area (Å²) in [5.41, 5.74) is 2.48. The zero-order chi connectivity index (χ0) is 15.7. The number of rotatable bonds is 1. The molecule has 3 rings (SSSR count). The summed E-state index contributed by atoms with van der Waals surface area (Å²) in [5.74, 6) is 0. The third-order valence-corrected chi connectivity index (χ3v) is 6.16. The van der Waals surface area contributed by atoms with E-state index in [0.29, 0.717) is 0 Å². The molecule has 0 spiro atoms. The fourth-order valence-electron chi connectivity index (χ4n) is 2.85. The van der Waals surface area contributed by atoms with Crippen molar-refractivity contribution in [2.45, 2.75) is 0 Å². The van der Waals surface area contributed by atoms with Crippen molar-refractivity contribution < 1.29 is 0 Å². The number of likely N-dealkylation sites (N-methyl/N-ethyl adjacent to an activating group) is 1. The molecule has 2 aromatic rings. The van der Waals surface area contributed by atoms with Gasteiger partial charge in [-0.15, -0.1) is 0 Å². The van der Waals surface area contributed by atoms with Gasteiger partial charge in [-0.05, 0) is 24.0 Å². The number of nitrogens with zero attached hydrogens (tertiary/aromatic N) is 2. The van der Waals surface area contributed by atoms with Crippen molar-refractivity contribution in [2.24, 2.45) is 0 Å². The third-order valence-electron chi connectivity index (χ3n) is 4.08. The number of benzene rings is 2. The molecule has 0 bridgehead atoms. The molecule has 0 N–H and O–H groups in total. The zero-order valence-electron chi connectivity index (χ0n) is 13.2. The van der Waals surface area contributed by atoms with Crippen LogP contribution in [0.25, 0.3) is 12.3 Å². The van der Waals surface area contributed by atoms with Crippen LogP contribution in [0.15, 0.2) is 66.5 Å². The molecule has 1 heterocycles. The van der Waals surface area contributed by atoms with Gasteiger partial charge < -0.3 is 9.57 Å². The summed E-state index contributed by atoms with van der Waals surface area (Å²) in [6.45, 7) is 11.7. The van der Waals surface area contributed by atoms with E-state index in [4.69, 9.17) is 0 Å². The molecule has 2 nitrogen and oxygen atoms in total. The Hall–Kier alpha value is -2.05. The molecule has 22 heavy (non-hydrogen) atoms. The fraction of sp³-hybridized carbons (Fsp3) is 0.158. The lowest BCUT2D eigenvalue weighted by atomic mass is 10.2. The summed E-state index contributed by atoms with van der Waals surface area (Å²) in [6, 6.07) is 18.9. The minimum absolute atomic E-state index is 0.462. The Morgan fingerprint density at radius 1 is 0.955 bits per heavy atom. The molecule has 0 saturated carbocycles. The molecule has 3 heteroatoms. The van der Waals surface area contributed by atoms with Gasteiger partial charge in [-0.1, -0.05) is 55.6 Å². The number of para-hydroxylation sites is 1. The summed E-state index contributed by atoms with van der Waals surface area (Å²) < 4.78 is 2.44. The quantitative estimate of drug-likeness (QED) is 0.747. The Morgan fingerprint density at radius 2 is 1.59 bits per heavy atom. The molecule has 0 aromatic heterocycles. The number of anilines is 1. The van der Waals surface area contributed by atoms with Gasteiger partial charge in [-0.2, -0.15) is 0 Å². The lowest BCUT2D eigenvalue weighted by Gasteiger charge is -2.43. The summed E-state index contributed by atoms with van der Waals surface area (Å²) in [6.07, 6.45) is 0. The van der Waals surface area contributed by atoms with Crippen molar-refractivity contribution in [3.8, 4) is 0 Å². The van der Waals surface area contributed by atoms with Crippen molar-refractivity contribution in [3.05, 3.63) is 76.9 Å². The van der Waals surface area contributed by atoms with Crippen LogP contribution in [0, 0.1) is 0 Å². The van der Waals surface area contributed by atoms with Crippen molar-refractivity contribution in [1.82, 2.24) is 4.90 Å². The average molecular weight is 308 g/mol. The van der Waals surface area contributed by atoms with E-state index in [1.165, 1.54) is 21.9 Å². The van der Waals surface area contributed by atoms with E-state index in [1.807, 2.05) is 6.07 Å². The largest absolute Gasteiger partial charge is 0.356 e. The number of hydrogen-bond acceptors (Lipinski definition) is 2. The SMILES string of the molecule is C=C1/C(=c2/ccccc2=C)N(C)CN(c2ccccc2)P1C. The van der Waals surface area contributed by atoms with Crippen LogP contribution in [-0.4, -0.2) is 25.3 Å². The molecule has 1 aliphatic rings. The first-order valence-electron chi connectivity index (χ1n) is 7.34. The van der Waals surface area contributed by atoms with Gasteiger partial charge in [-0.25, -0.2) is 0 Å². The Bertz CT molecular complexity index is 798. The van der Waals surface area contributed by atoms with Crippen LogP contribution >= 0.6 is 8.07 Å². The van der Waals surface area contributed by atoms with Crippen molar-refractivity contribution in [2.75, 3.05) is 25.1 Å². The minimum Gasteiger partial charge on any atom is -0.356 e. The highest BCUT2D eigenvalue weighted by Crippen LogP contribution is 2.53. The summed E-state index contributed by atoms with van der Waals surface area (Å²) in [5, 5.41) is 3.45. The monoisotopic (exact) mass is 308 g/mol. The second-order valence-electron chi connectivity index (χ2n) is 5.55. The van der Waals surface area contributed by atoms with Crippen LogP contribution in [0.3, 0.4) is 0 Å². The summed E-state index contributed by atoms with van der Waals surface area (Å²) in [7, 11) is 1.67. The average Bonchev–Trinajstić information content (AvgIpc) is 2.53. The fourth-order valence-corrected chi connectivity index (χ4v) is 4.60. The van der Waals surface area contributed by atoms with E-state index in [2.05, 4.69) is 85.0 Å². The predicted molar refractivity (Wildman–Crippen MR) is 98.2 cm³/mol. The van der Waals surface area contributed by atoms with E-state index in [-0.39, 0.29) is 0 Å². The van der Waals surface area contributed by atoms with E-state index in [1.54, 1.807) is 0 Å². The van der Waals surface area contributed by atoms with Crippen LogP contribution in [-0.2, 0) is 0 Å². The molecule has 2 aromatic carbocycles. The van der Waals surface area contributed by atoms with Crippen LogP contribution in [0.1, 0.15) is 0 Å². The standard InChI is InChI=1S/C19H21N2P/c1-15-10-8-9-13-18(15)19-16(2)22(4)21(14-20(19)3)17-11-6-5-7-12-17/h5-13H,1-2,14H2,3-4H3/b19-18+. The van der Waals surface area contributed by atoms with Gasteiger partial charge in [0.05, 0.1) is 12.4 Å². The second kappa shape index (κ2) is 5.98. The predicted octanol–water partition coefficient (Wildman–Crippen LogP) is 3.16. The van der Waals surface area contributed by atoms with Gasteiger partial charge in [0.25, 0.3) is 0 Å². The second-order valence-corrected chi connectivity index (χ2v) is 7.62. The molecule has 0 radical (unpaired) electrons. The van der Waals surface area contributed by atoms with E-state index in [0.717, 1.165) is 11.9 Å². The maximum Gasteiger partial charge on any atom is 0.0938 e. The Labute approximate surface area is 133 Å². The Morgan fingerprint density at radius 3 is 2.27 bits per heavy atom. The van der Waals surface area contributed by atoms with Crippen LogP contribution < -0.4 is 15.1 Å². The van der Waals surface area contributed by atoms with Crippen LogP contribution in [0.5, 0.6) is 0 Å². The molecule has 0 amide bonds. The lowest BCUT2D eigenvalue weighted by Crippen LogP contribution is -2.41. The topological polar surface area (TPSA) is 6.48 Å². The van der Waals surface area contributed by atoms with Crippen LogP contribution in [0.2, 0.25) is 0 Å². The maximum atomic E-state index is 4.40. The smallest absolute Gasteiger partial charge is 0.0938 e. The third kappa shape index (κ3) is 2.55. The molecule has 1 unspecified atom stereocenters. The lowest BCUT2D eigenvalue weighted by molar-refractivity contribution is 0.490. The first-order chi connectivity index (χ1) is 10.6. The van der Waals surface area contributed by atoms with Crippen molar-refractivity contribution in [3.63, 3.8) is 0 Å². The highest BCUT2D eigenvalue weighted by atomic mass is 31.1. The van der Waals surface area contributed by atoms with Gasteiger partial charge in [0.2, 0.25) is 0 Å². The molecule has 1 fully saturated rings. The van der Waals surface area contributed by atoms with E-state index >= 15 is 0 Å². The van der Waals surface area contributed by atoms with Crippen LogP contribution in [0.4, 0.5) is 5.69 Å². The molecule has 1 aliphatic heterocycles. The highest BCUT2D eigenvalue weighted by molar-refractivity contribution is 7.63. The number of hydrogen-bond donors (Lipinski definition) is 0. The first-order valence-corrected chi connectivity index (χ1v) is 9.08. The summed E-state index contributed by atoms with van der Waals surface area (Å²) >= 11 is 0. The molecule has 112 valence electrons. The van der Waals surface area contributed by atoms with Gasteiger partial charge in [0.1, 0.15) is 0 Å². The molecule has 1 atom stereocenters. The van der Waals surface area contributed by atoms with Gasteiger partial charge in [-0.3, -0.25) is 0 Å². The minimum atomic E-state index is -0.462. The van der Waals surface area contributed by atoms with Gasteiger partial charge >= 0.3 is 0 Å². The van der Waals surface area contributed by atoms with E-state index < -0.39 is 8.07 Å². The first kappa shape index (κ1) is 14.9. The molecule has 0 aliphatic carbocycles. The molecule has 1 saturated heterocycles. The Balaban J connectivity index is 2.08. The molecular weight excluding hydrogens is 287 g/mol. The summed E-state index contributed by atoms with van der Waals surface area (Å²) in [4.78, 5) is 2.28. The van der Waals surface area contributed by atoms with Crippen molar-refractivity contribution >= 4 is 26.0 Å². The maximum absolute atomic E-state index is 4.40. The Kier molecular flexibility index (Phi) is 4.04. The van der Waals surface area contributed by atoms with Crippen molar-refractivity contribution in [1.29, 1.82) is 0 Å².